The van der Waals surface area contributed by atoms with E-state index in [9.17, 15) is 13.2 Å². The molecular formula is C25H41NO3S. The molecule has 0 bridgehead atoms. The van der Waals surface area contributed by atoms with Crippen LogP contribution in [-0.2, 0) is 14.6 Å². The average Bonchev–Trinajstić information content (AvgIpc) is 2.70. The Kier molecular flexibility index (Phi) is 14.2. The number of allylic oxidation sites excluding steroid dienone is 2. The molecule has 5 heteroatoms. The first-order valence-electron chi connectivity index (χ1n) is 11.6. The molecule has 0 unspecified atom stereocenters. The second-order valence-electron chi connectivity index (χ2n) is 8.29. The van der Waals surface area contributed by atoms with Crippen molar-refractivity contribution in [2.24, 2.45) is 5.73 Å². The second kappa shape index (κ2) is 16.1. The van der Waals surface area contributed by atoms with E-state index in [1.54, 1.807) is 12.1 Å². The molecule has 0 spiro atoms. The molecule has 0 aliphatic rings. The Morgan fingerprint density at radius 1 is 0.767 bits per heavy atom. The molecule has 0 atom stereocenters. The Balaban J connectivity index is 1.91. The van der Waals surface area contributed by atoms with Crippen LogP contribution in [-0.4, -0.2) is 20.1 Å². The van der Waals surface area contributed by atoms with Crippen LogP contribution in [0.25, 0.3) is 0 Å². The average molecular weight is 436 g/mol. The molecule has 0 aliphatic carbocycles. The van der Waals surface area contributed by atoms with E-state index >= 15 is 0 Å². The lowest BCUT2D eigenvalue weighted by molar-refractivity contribution is -0.118. The van der Waals surface area contributed by atoms with Gasteiger partial charge in [-0.1, -0.05) is 74.8 Å². The van der Waals surface area contributed by atoms with Gasteiger partial charge in [0.25, 0.3) is 0 Å². The monoisotopic (exact) mass is 435 g/mol. The normalized spacial score (nSPS) is 11.9. The van der Waals surface area contributed by atoms with Gasteiger partial charge in [0.05, 0.1) is 10.6 Å². The van der Waals surface area contributed by atoms with Crippen molar-refractivity contribution in [3.63, 3.8) is 0 Å². The molecule has 0 radical (unpaired) electrons. The smallest absolute Gasteiger partial charge is 0.217 e. The molecular weight excluding hydrogens is 394 g/mol. The molecule has 0 aliphatic heterocycles. The molecule has 0 fully saturated rings. The van der Waals surface area contributed by atoms with Gasteiger partial charge in [-0.05, 0) is 57.6 Å². The number of aryl methyl sites for hydroxylation is 1. The van der Waals surface area contributed by atoms with E-state index in [0.717, 1.165) is 50.5 Å². The van der Waals surface area contributed by atoms with Gasteiger partial charge in [-0.15, -0.1) is 0 Å². The van der Waals surface area contributed by atoms with Gasteiger partial charge in [0, 0.05) is 6.42 Å². The lowest BCUT2D eigenvalue weighted by Crippen LogP contribution is -2.09. The zero-order valence-corrected chi connectivity index (χ0v) is 19.6. The molecule has 0 heterocycles. The number of unbranched alkanes of at least 4 members (excludes halogenated alkanes) is 11. The number of sulfone groups is 1. The number of hydrogen-bond acceptors (Lipinski definition) is 3. The minimum absolute atomic E-state index is 0.191. The van der Waals surface area contributed by atoms with Crippen LogP contribution in [0, 0.1) is 6.92 Å². The first-order valence-corrected chi connectivity index (χ1v) is 13.3. The van der Waals surface area contributed by atoms with Crippen LogP contribution >= 0.6 is 0 Å². The number of amides is 1. The maximum Gasteiger partial charge on any atom is 0.217 e. The fourth-order valence-corrected chi connectivity index (χ4v) is 4.82. The molecule has 0 aromatic heterocycles. The van der Waals surface area contributed by atoms with E-state index in [-0.39, 0.29) is 11.7 Å². The molecule has 0 saturated carbocycles. The zero-order chi connectivity index (χ0) is 22.1. The Hall–Kier alpha value is -1.62. The van der Waals surface area contributed by atoms with Crippen LogP contribution < -0.4 is 5.73 Å². The standard InChI is InChI=1S/C25H41NO3S/c1-23-18-20-24(21-19-23)30(28,29)22-16-14-12-10-8-6-4-2-3-5-7-9-11-13-15-17-25(26)27/h2-3,18-21H,4-17,22H2,1H3,(H2,26,27). The van der Waals surface area contributed by atoms with Crippen LogP contribution in [0.3, 0.4) is 0 Å². The summed E-state index contributed by atoms with van der Waals surface area (Å²) in [5.41, 5.74) is 6.20. The summed E-state index contributed by atoms with van der Waals surface area (Å²) in [5, 5.41) is 0. The molecule has 1 aromatic rings. The maximum atomic E-state index is 12.3. The molecule has 1 rings (SSSR count). The number of primary amides is 1. The molecule has 0 saturated heterocycles. The van der Waals surface area contributed by atoms with Crippen molar-refractivity contribution < 1.29 is 13.2 Å². The maximum absolute atomic E-state index is 12.3. The lowest BCUT2D eigenvalue weighted by atomic mass is 10.1. The Labute approximate surface area is 184 Å². The van der Waals surface area contributed by atoms with Gasteiger partial charge in [0.1, 0.15) is 0 Å². The first-order chi connectivity index (χ1) is 14.4. The minimum atomic E-state index is -3.13. The predicted octanol–water partition coefficient (Wildman–Crippen LogP) is 6.27. The van der Waals surface area contributed by atoms with Crippen molar-refractivity contribution in [3.8, 4) is 0 Å². The predicted molar refractivity (Wildman–Crippen MR) is 126 cm³/mol. The summed E-state index contributed by atoms with van der Waals surface area (Å²) in [6, 6.07) is 7.14. The van der Waals surface area contributed by atoms with E-state index in [0.29, 0.717) is 11.3 Å². The number of hydrogen-bond donors (Lipinski definition) is 1. The van der Waals surface area contributed by atoms with Crippen LogP contribution in [0.5, 0.6) is 0 Å². The van der Waals surface area contributed by atoms with E-state index < -0.39 is 9.84 Å². The van der Waals surface area contributed by atoms with Gasteiger partial charge in [-0.25, -0.2) is 8.42 Å². The molecule has 2 N–H and O–H groups in total. The SMILES string of the molecule is Cc1ccc(S(=O)(=O)CCCCCCCCC=CCCCCCCCC(N)=O)cc1. The highest BCUT2D eigenvalue weighted by molar-refractivity contribution is 7.91. The number of carbonyl (C=O) groups excluding carboxylic acids is 1. The van der Waals surface area contributed by atoms with Gasteiger partial charge < -0.3 is 5.73 Å². The highest BCUT2D eigenvalue weighted by Crippen LogP contribution is 2.15. The molecule has 30 heavy (non-hydrogen) atoms. The topological polar surface area (TPSA) is 77.2 Å². The van der Waals surface area contributed by atoms with Crippen molar-refractivity contribution in [2.75, 3.05) is 5.75 Å². The van der Waals surface area contributed by atoms with Crippen molar-refractivity contribution in [1.82, 2.24) is 0 Å². The minimum Gasteiger partial charge on any atom is -0.370 e. The van der Waals surface area contributed by atoms with E-state index in [4.69, 9.17) is 5.73 Å². The molecule has 4 nitrogen and oxygen atoms in total. The Bertz CT molecular complexity index is 708. The van der Waals surface area contributed by atoms with E-state index in [1.165, 1.54) is 38.5 Å². The quantitative estimate of drug-likeness (QED) is 0.218. The van der Waals surface area contributed by atoms with Crippen LogP contribution in [0.15, 0.2) is 41.3 Å². The fraction of sp³-hybridized carbons (Fsp3) is 0.640. The Morgan fingerprint density at radius 3 is 1.77 bits per heavy atom. The largest absolute Gasteiger partial charge is 0.370 e. The van der Waals surface area contributed by atoms with Crippen LogP contribution in [0.4, 0.5) is 0 Å². The molecule has 170 valence electrons. The summed E-state index contributed by atoms with van der Waals surface area (Å²) in [4.78, 5) is 11.1. The Morgan fingerprint density at radius 2 is 1.23 bits per heavy atom. The summed E-state index contributed by atoms with van der Waals surface area (Å²) in [5.74, 6) is 0.0632. The van der Waals surface area contributed by atoms with E-state index in [2.05, 4.69) is 12.2 Å². The number of nitrogens with two attached hydrogens (primary N) is 1. The van der Waals surface area contributed by atoms with Crippen molar-refractivity contribution in [1.29, 1.82) is 0 Å². The lowest BCUT2D eigenvalue weighted by Gasteiger charge is -2.05. The third-order valence-corrected chi connectivity index (χ3v) is 7.19. The van der Waals surface area contributed by atoms with Crippen molar-refractivity contribution in [3.05, 3.63) is 42.0 Å². The van der Waals surface area contributed by atoms with Gasteiger partial charge in [-0.3, -0.25) is 4.79 Å². The molecule has 1 amide bonds. The van der Waals surface area contributed by atoms with Gasteiger partial charge in [0.2, 0.25) is 5.91 Å². The van der Waals surface area contributed by atoms with E-state index in [1.807, 2.05) is 19.1 Å². The number of carbonyl (C=O) groups is 1. The number of rotatable bonds is 18. The highest BCUT2D eigenvalue weighted by atomic mass is 32.2. The third kappa shape index (κ3) is 13.6. The summed E-state index contributed by atoms with van der Waals surface area (Å²) in [7, 11) is -3.13. The van der Waals surface area contributed by atoms with Gasteiger partial charge in [0.15, 0.2) is 9.84 Å². The van der Waals surface area contributed by atoms with Crippen LogP contribution in [0.1, 0.15) is 95.5 Å². The van der Waals surface area contributed by atoms with Crippen molar-refractivity contribution >= 4 is 15.7 Å². The van der Waals surface area contributed by atoms with Crippen LogP contribution in [0.2, 0.25) is 0 Å². The third-order valence-electron chi connectivity index (χ3n) is 5.37. The highest BCUT2D eigenvalue weighted by Gasteiger charge is 2.13. The van der Waals surface area contributed by atoms with Gasteiger partial charge >= 0.3 is 0 Å². The summed E-state index contributed by atoms with van der Waals surface area (Å²) in [6.45, 7) is 1.96. The summed E-state index contributed by atoms with van der Waals surface area (Å²) < 4.78 is 24.6. The zero-order valence-electron chi connectivity index (χ0n) is 18.8. The molecule has 1 aromatic carbocycles. The van der Waals surface area contributed by atoms with Gasteiger partial charge in [-0.2, -0.15) is 0 Å². The number of benzene rings is 1. The van der Waals surface area contributed by atoms with Crippen molar-refractivity contribution in [2.45, 2.75) is 102 Å². The first kappa shape index (κ1) is 26.4. The second-order valence-corrected chi connectivity index (χ2v) is 10.4. The fourth-order valence-electron chi connectivity index (χ4n) is 3.45. The summed E-state index contributed by atoms with van der Waals surface area (Å²) >= 11 is 0. The summed E-state index contributed by atoms with van der Waals surface area (Å²) in [6.07, 6.45) is 19.5.